The molecule has 0 unspecified atom stereocenters. The van der Waals surface area contributed by atoms with Crippen LogP contribution < -0.4 is 16.9 Å². The fourth-order valence-electron chi connectivity index (χ4n) is 1.33. The molecule has 0 amide bonds. The zero-order chi connectivity index (χ0) is 11.9. The number of aliphatic hydroxyl groups excluding tert-OH is 1. The highest BCUT2D eigenvalue weighted by atomic mass is 16.3. The molecule has 0 aliphatic rings. The van der Waals surface area contributed by atoms with Gasteiger partial charge in [-0.25, -0.2) is 14.2 Å². The number of aromatic amines is 3. The normalized spacial score (nSPS) is 10.8. The number of nitrogens with zero attached hydrogens (tertiary/aromatic N) is 1. The van der Waals surface area contributed by atoms with Gasteiger partial charge in [0.05, 0.1) is 0 Å². The molecule has 4 N–H and O–H groups in total. The van der Waals surface area contributed by atoms with Crippen LogP contribution in [-0.2, 0) is 0 Å². The second kappa shape index (κ2) is 3.31. The van der Waals surface area contributed by atoms with Crippen LogP contribution in [0.3, 0.4) is 0 Å². The van der Waals surface area contributed by atoms with E-state index in [0.29, 0.717) is 4.57 Å². The Balaban J connectivity index is 3.01. The van der Waals surface area contributed by atoms with E-state index in [9.17, 15) is 19.2 Å². The van der Waals surface area contributed by atoms with E-state index in [1.165, 1.54) is 0 Å². The molecule has 9 nitrogen and oxygen atoms in total. The molecule has 84 valence electrons. The Morgan fingerprint density at radius 2 is 1.88 bits per heavy atom. The number of imidazole rings is 1. The van der Waals surface area contributed by atoms with Gasteiger partial charge in [0, 0.05) is 0 Å². The smallest absolute Gasteiger partial charge is 0.334 e. The zero-order valence-electron chi connectivity index (χ0n) is 7.73. The molecule has 0 saturated heterocycles. The van der Waals surface area contributed by atoms with Gasteiger partial charge < -0.3 is 5.11 Å². The maximum Gasteiger partial charge on any atom is 0.334 e. The van der Waals surface area contributed by atoms with Gasteiger partial charge in [-0.3, -0.25) is 24.5 Å². The minimum atomic E-state index is -0.947. The molecule has 2 rings (SSSR count). The largest absolute Gasteiger partial charge is 0.386 e. The Bertz CT molecular complexity index is 730. The second-order valence-electron chi connectivity index (χ2n) is 2.95. The summed E-state index contributed by atoms with van der Waals surface area (Å²) in [7, 11) is 0. The van der Waals surface area contributed by atoms with E-state index in [1.54, 1.807) is 0 Å². The number of carbonyl (C=O) groups excluding carboxylic acids is 1. The van der Waals surface area contributed by atoms with Crippen molar-refractivity contribution in [3.05, 3.63) is 31.3 Å². The summed E-state index contributed by atoms with van der Waals surface area (Å²) in [5.41, 5.74) is -3.07. The number of aromatic nitrogens is 4. The van der Waals surface area contributed by atoms with Gasteiger partial charge in [0.1, 0.15) is 6.61 Å². The van der Waals surface area contributed by atoms with E-state index in [0.717, 1.165) is 0 Å². The molecule has 0 atom stereocenters. The van der Waals surface area contributed by atoms with Crippen LogP contribution in [0.15, 0.2) is 14.4 Å². The third-order valence-electron chi connectivity index (χ3n) is 1.97. The highest BCUT2D eigenvalue weighted by Gasteiger charge is 2.15. The van der Waals surface area contributed by atoms with Crippen LogP contribution in [0, 0.1) is 0 Å². The van der Waals surface area contributed by atoms with Gasteiger partial charge in [0.15, 0.2) is 11.2 Å². The van der Waals surface area contributed by atoms with Gasteiger partial charge in [-0.15, -0.1) is 0 Å². The summed E-state index contributed by atoms with van der Waals surface area (Å²) in [5, 5.41) is 8.63. The minimum absolute atomic E-state index is 0.230. The molecular formula is C7H6N4O5. The molecule has 0 bridgehead atoms. The lowest BCUT2D eigenvalue weighted by Crippen LogP contribution is -2.28. The topological polar surface area (TPSA) is 141 Å². The first-order chi connectivity index (χ1) is 7.54. The number of carbonyl (C=O) groups is 1. The summed E-state index contributed by atoms with van der Waals surface area (Å²) in [4.78, 5) is 50.8. The predicted molar refractivity (Wildman–Crippen MR) is 51.5 cm³/mol. The summed E-state index contributed by atoms with van der Waals surface area (Å²) in [6, 6.07) is 0. The SMILES string of the molecule is O=C(CO)n1c(=O)[nH]c2c(=O)[nH]c(=O)[nH]c21. The van der Waals surface area contributed by atoms with Crippen LogP contribution >= 0.6 is 0 Å². The number of rotatable bonds is 1. The number of H-pyrrole nitrogens is 3. The molecule has 0 aliphatic heterocycles. The molecule has 2 heterocycles. The second-order valence-corrected chi connectivity index (χ2v) is 2.95. The van der Waals surface area contributed by atoms with Crippen molar-refractivity contribution in [1.82, 2.24) is 19.5 Å². The van der Waals surface area contributed by atoms with Crippen molar-refractivity contribution in [2.75, 3.05) is 6.61 Å². The van der Waals surface area contributed by atoms with E-state index in [-0.39, 0.29) is 11.2 Å². The van der Waals surface area contributed by atoms with Crippen molar-refractivity contribution in [1.29, 1.82) is 0 Å². The lowest BCUT2D eigenvalue weighted by atomic mass is 10.5. The third kappa shape index (κ3) is 1.30. The molecule has 9 heteroatoms. The highest BCUT2D eigenvalue weighted by Crippen LogP contribution is 1.97. The quantitative estimate of drug-likeness (QED) is 0.420. The van der Waals surface area contributed by atoms with Crippen LogP contribution in [0.2, 0.25) is 0 Å². The molecular weight excluding hydrogens is 220 g/mol. The number of hydrogen-bond acceptors (Lipinski definition) is 5. The molecule has 2 aromatic rings. The Morgan fingerprint density at radius 1 is 1.19 bits per heavy atom. The summed E-state index contributed by atoms with van der Waals surface area (Å²) >= 11 is 0. The van der Waals surface area contributed by atoms with E-state index in [1.807, 2.05) is 4.98 Å². The Morgan fingerprint density at radius 3 is 2.50 bits per heavy atom. The summed E-state index contributed by atoms with van der Waals surface area (Å²) in [6.45, 7) is -0.915. The molecule has 0 aliphatic carbocycles. The Hall–Kier alpha value is -2.42. The first kappa shape index (κ1) is 10.1. The lowest BCUT2D eigenvalue weighted by molar-refractivity contribution is 0.0819. The van der Waals surface area contributed by atoms with E-state index < -0.39 is 29.5 Å². The molecule has 16 heavy (non-hydrogen) atoms. The van der Waals surface area contributed by atoms with Gasteiger partial charge in [0.2, 0.25) is 0 Å². The molecule has 0 saturated carbocycles. The third-order valence-corrected chi connectivity index (χ3v) is 1.97. The average molecular weight is 226 g/mol. The summed E-state index contributed by atoms with van der Waals surface area (Å²) in [6.07, 6.45) is 0. The minimum Gasteiger partial charge on any atom is -0.386 e. The molecule has 0 aromatic carbocycles. The van der Waals surface area contributed by atoms with Crippen LogP contribution in [-0.4, -0.2) is 37.1 Å². The molecule has 0 fully saturated rings. The molecule has 0 spiro atoms. The van der Waals surface area contributed by atoms with E-state index in [2.05, 4.69) is 9.97 Å². The standard InChI is InChI=1S/C7H6N4O5/c12-1-2(13)11-4-3(8-7(11)16)5(14)10-6(15)9-4/h12H,1H2,(H,8,16)(H2,9,10,14,15). The summed E-state index contributed by atoms with van der Waals surface area (Å²) in [5.74, 6) is -0.947. The summed E-state index contributed by atoms with van der Waals surface area (Å²) < 4.78 is 0.492. The van der Waals surface area contributed by atoms with Crippen LogP contribution in [0.25, 0.3) is 11.2 Å². The van der Waals surface area contributed by atoms with Crippen LogP contribution in [0.5, 0.6) is 0 Å². The van der Waals surface area contributed by atoms with Gasteiger partial charge in [0.25, 0.3) is 11.5 Å². The molecule has 2 aromatic heterocycles. The van der Waals surface area contributed by atoms with Crippen molar-refractivity contribution < 1.29 is 9.90 Å². The van der Waals surface area contributed by atoms with Crippen molar-refractivity contribution >= 4 is 17.1 Å². The van der Waals surface area contributed by atoms with Crippen molar-refractivity contribution in [2.45, 2.75) is 0 Å². The van der Waals surface area contributed by atoms with E-state index >= 15 is 0 Å². The first-order valence-corrected chi connectivity index (χ1v) is 4.16. The van der Waals surface area contributed by atoms with Gasteiger partial charge in [-0.1, -0.05) is 0 Å². The van der Waals surface area contributed by atoms with E-state index in [4.69, 9.17) is 5.11 Å². The van der Waals surface area contributed by atoms with Crippen LogP contribution in [0.4, 0.5) is 0 Å². The fraction of sp³-hybridized carbons (Fsp3) is 0.143. The van der Waals surface area contributed by atoms with Crippen LogP contribution in [0.1, 0.15) is 4.79 Å². The number of fused-ring (bicyclic) bond motifs is 1. The van der Waals surface area contributed by atoms with Gasteiger partial charge >= 0.3 is 11.4 Å². The average Bonchev–Trinajstić information content (AvgIpc) is 2.54. The monoisotopic (exact) mass is 226 g/mol. The number of hydrogen-bond donors (Lipinski definition) is 4. The number of aliphatic hydroxyl groups is 1. The number of nitrogens with one attached hydrogen (secondary N) is 3. The first-order valence-electron chi connectivity index (χ1n) is 4.16. The Labute approximate surface area is 85.4 Å². The van der Waals surface area contributed by atoms with Crippen molar-refractivity contribution in [3.63, 3.8) is 0 Å². The van der Waals surface area contributed by atoms with Gasteiger partial charge in [-0.2, -0.15) is 0 Å². The maximum absolute atomic E-state index is 11.3. The van der Waals surface area contributed by atoms with Crippen molar-refractivity contribution in [3.8, 4) is 0 Å². The van der Waals surface area contributed by atoms with Crippen molar-refractivity contribution in [2.24, 2.45) is 0 Å². The van der Waals surface area contributed by atoms with Gasteiger partial charge in [-0.05, 0) is 0 Å². The highest BCUT2D eigenvalue weighted by molar-refractivity contribution is 5.88. The predicted octanol–water partition coefficient (Wildman–Crippen LogP) is -2.66. The fourth-order valence-corrected chi connectivity index (χ4v) is 1.33. The maximum atomic E-state index is 11.3. The molecule has 0 radical (unpaired) electrons. The Kier molecular flexibility index (Phi) is 2.09. The zero-order valence-corrected chi connectivity index (χ0v) is 7.73. The lowest BCUT2D eigenvalue weighted by Gasteiger charge is -1.96.